The minimum absolute atomic E-state index is 0.0434. The van der Waals surface area contributed by atoms with Crippen LogP contribution in [0.25, 0.3) is 0 Å². The summed E-state index contributed by atoms with van der Waals surface area (Å²) in [4.78, 5) is 10.2. The average Bonchev–Trinajstić information content (AvgIpc) is 2.62. The van der Waals surface area contributed by atoms with Gasteiger partial charge in [0, 0.05) is 18.7 Å². The SMILES string of the molecule is COc1ccc(CN[C@@H](CO)[C@H](O)c2ccc([N+](=O)[O-])cc2)cc1C. The number of non-ortho nitro benzene ring substituents is 1. The van der Waals surface area contributed by atoms with Crippen molar-refractivity contribution >= 4 is 5.69 Å². The van der Waals surface area contributed by atoms with E-state index >= 15 is 0 Å². The molecule has 0 heterocycles. The van der Waals surface area contributed by atoms with Crippen LogP contribution in [0.3, 0.4) is 0 Å². The van der Waals surface area contributed by atoms with Crippen molar-refractivity contribution in [3.8, 4) is 5.75 Å². The number of methoxy groups -OCH3 is 1. The van der Waals surface area contributed by atoms with Crippen LogP contribution in [-0.4, -0.2) is 34.9 Å². The summed E-state index contributed by atoms with van der Waals surface area (Å²) >= 11 is 0. The number of hydrogen-bond acceptors (Lipinski definition) is 6. The number of nitrogens with zero attached hydrogens (tertiary/aromatic N) is 1. The Labute approximate surface area is 146 Å². The molecule has 0 unspecified atom stereocenters. The van der Waals surface area contributed by atoms with Crippen molar-refractivity contribution in [1.82, 2.24) is 5.32 Å². The fourth-order valence-electron chi connectivity index (χ4n) is 2.60. The number of ether oxygens (including phenoxy) is 1. The summed E-state index contributed by atoms with van der Waals surface area (Å²) < 4.78 is 5.22. The summed E-state index contributed by atoms with van der Waals surface area (Å²) in [6, 6.07) is 10.8. The zero-order valence-corrected chi connectivity index (χ0v) is 14.2. The Bertz CT molecular complexity index is 718. The van der Waals surface area contributed by atoms with Gasteiger partial charge in [0.2, 0.25) is 0 Å². The van der Waals surface area contributed by atoms with Gasteiger partial charge < -0.3 is 20.3 Å². The molecule has 0 radical (unpaired) electrons. The Hall–Kier alpha value is -2.48. The number of aliphatic hydroxyl groups excluding tert-OH is 2. The number of hydrogen-bond donors (Lipinski definition) is 3. The molecule has 7 heteroatoms. The maximum absolute atomic E-state index is 10.7. The van der Waals surface area contributed by atoms with E-state index in [1.165, 1.54) is 24.3 Å². The maximum atomic E-state index is 10.7. The lowest BCUT2D eigenvalue weighted by Gasteiger charge is -2.23. The van der Waals surface area contributed by atoms with Crippen molar-refractivity contribution in [3.63, 3.8) is 0 Å². The van der Waals surface area contributed by atoms with Gasteiger partial charge in [0.1, 0.15) is 5.75 Å². The van der Waals surface area contributed by atoms with Crippen LogP contribution in [0.1, 0.15) is 22.8 Å². The smallest absolute Gasteiger partial charge is 0.269 e. The third-order valence-corrected chi connectivity index (χ3v) is 4.05. The van der Waals surface area contributed by atoms with Crippen LogP contribution in [0.4, 0.5) is 5.69 Å². The van der Waals surface area contributed by atoms with Crippen LogP contribution in [0.2, 0.25) is 0 Å². The van der Waals surface area contributed by atoms with Gasteiger partial charge in [-0.15, -0.1) is 0 Å². The van der Waals surface area contributed by atoms with Gasteiger partial charge in [0.15, 0.2) is 0 Å². The lowest BCUT2D eigenvalue weighted by Crippen LogP contribution is -2.37. The molecule has 2 rings (SSSR count). The summed E-state index contributed by atoms with van der Waals surface area (Å²) in [5.41, 5.74) is 2.45. The fraction of sp³-hybridized carbons (Fsp3) is 0.333. The third kappa shape index (κ3) is 4.76. The van der Waals surface area contributed by atoms with Crippen molar-refractivity contribution < 1.29 is 19.9 Å². The molecule has 0 aliphatic rings. The Morgan fingerprint density at radius 3 is 2.44 bits per heavy atom. The van der Waals surface area contributed by atoms with E-state index in [1.54, 1.807) is 7.11 Å². The highest BCUT2D eigenvalue weighted by atomic mass is 16.6. The van der Waals surface area contributed by atoms with E-state index in [0.717, 1.165) is 16.9 Å². The first kappa shape index (κ1) is 18.9. The Kier molecular flexibility index (Phi) is 6.46. The van der Waals surface area contributed by atoms with Gasteiger partial charge in [0.25, 0.3) is 5.69 Å². The minimum atomic E-state index is -0.981. The van der Waals surface area contributed by atoms with Gasteiger partial charge >= 0.3 is 0 Å². The Morgan fingerprint density at radius 1 is 1.24 bits per heavy atom. The second kappa shape index (κ2) is 8.57. The van der Waals surface area contributed by atoms with Crippen LogP contribution in [0.15, 0.2) is 42.5 Å². The topological polar surface area (TPSA) is 105 Å². The van der Waals surface area contributed by atoms with E-state index in [4.69, 9.17) is 4.74 Å². The van der Waals surface area contributed by atoms with E-state index in [1.807, 2.05) is 25.1 Å². The molecule has 2 aromatic carbocycles. The molecule has 0 aromatic heterocycles. The first-order valence-electron chi connectivity index (χ1n) is 7.86. The number of nitro benzene ring substituents is 1. The highest BCUT2D eigenvalue weighted by molar-refractivity contribution is 5.36. The molecule has 0 aliphatic carbocycles. The van der Waals surface area contributed by atoms with Crippen LogP contribution < -0.4 is 10.1 Å². The van der Waals surface area contributed by atoms with E-state index in [0.29, 0.717) is 12.1 Å². The van der Waals surface area contributed by atoms with Gasteiger partial charge in [-0.05, 0) is 41.8 Å². The summed E-state index contributed by atoms with van der Waals surface area (Å²) in [6.07, 6.45) is -0.981. The van der Waals surface area contributed by atoms with Crippen molar-refractivity contribution in [1.29, 1.82) is 0 Å². The molecular weight excluding hydrogens is 324 g/mol. The average molecular weight is 346 g/mol. The van der Waals surface area contributed by atoms with Crippen LogP contribution in [0.5, 0.6) is 5.75 Å². The third-order valence-electron chi connectivity index (χ3n) is 4.05. The molecule has 0 amide bonds. The first-order valence-corrected chi connectivity index (χ1v) is 7.86. The standard InChI is InChI=1S/C18H22N2O5/c1-12-9-13(3-8-17(12)25-2)10-19-16(11-21)18(22)14-4-6-15(7-5-14)20(23)24/h3-9,16,18-19,21-22H,10-11H2,1-2H3/t16-,18+/m0/s1. The summed E-state index contributed by atoms with van der Waals surface area (Å²) in [5.74, 6) is 0.799. The number of aliphatic hydroxyl groups is 2. The molecule has 3 N–H and O–H groups in total. The molecule has 25 heavy (non-hydrogen) atoms. The number of nitro groups is 1. The summed E-state index contributed by atoms with van der Waals surface area (Å²) in [6.45, 7) is 2.13. The fourth-order valence-corrected chi connectivity index (χ4v) is 2.60. The quantitative estimate of drug-likeness (QED) is 0.499. The zero-order valence-electron chi connectivity index (χ0n) is 14.2. The molecule has 2 aromatic rings. The molecule has 0 saturated carbocycles. The lowest BCUT2D eigenvalue weighted by atomic mass is 10.0. The second-order valence-corrected chi connectivity index (χ2v) is 5.77. The molecule has 2 atom stereocenters. The predicted molar refractivity (Wildman–Crippen MR) is 93.5 cm³/mol. The van der Waals surface area contributed by atoms with Gasteiger partial charge in [0.05, 0.1) is 30.8 Å². The predicted octanol–water partition coefficient (Wildman–Crippen LogP) is 2.10. The molecule has 0 fully saturated rings. The molecule has 134 valence electrons. The first-order chi connectivity index (χ1) is 12.0. The van der Waals surface area contributed by atoms with E-state index in [9.17, 15) is 20.3 Å². The van der Waals surface area contributed by atoms with Crippen LogP contribution in [0, 0.1) is 17.0 Å². The number of rotatable bonds is 8. The maximum Gasteiger partial charge on any atom is 0.269 e. The largest absolute Gasteiger partial charge is 0.496 e. The monoisotopic (exact) mass is 346 g/mol. The van der Waals surface area contributed by atoms with Crippen molar-refractivity contribution in [2.24, 2.45) is 0 Å². The van der Waals surface area contributed by atoms with Gasteiger partial charge in [-0.25, -0.2) is 0 Å². The van der Waals surface area contributed by atoms with Crippen LogP contribution >= 0.6 is 0 Å². The van der Waals surface area contributed by atoms with E-state index in [-0.39, 0.29) is 12.3 Å². The van der Waals surface area contributed by atoms with E-state index in [2.05, 4.69) is 5.32 Å². The second-order valence-electron chi connectivity index (χ2n) is 5.77. The molecular formula is C18H22N2O5. The minimum Gasteiger partial charge on any atom is -0.496 e. The molecule has 7 nitrogen and oxygen atoms in total. The molecule has 0 spiro atoms. The van der Waals surface area contributed by atoms with Crippen LogP contribution in [-0.2, 0) is 6.54 Å². The highest BCUT2D eigenvalue weighted by Crippen LogP contribution is 2.22. The summed E-state index contributed by atoms with van der Waals surface area (Å²) in [7, 11) is 1.61. The van der Waals surface area contributed by atoms with Crippen molar-refractivity contribution in [2.75, 3.05) is 13.7 Å². The van der Waals surface area contributed by atoms with E-state index < -0.39 is 17.1 Å². The van der Waals surface area contributed by atoms with Gasteiger partial charge in [-0.1, -0.05) is 12.1 Å². The Morgan fingerprint density at radius 2 is 1.92 bits per heavy atom. The normalized spacial score (nSPS) is 13.3. The lowest BCUT2D eigenvalue weighted by molar-refractivity contribution is -0.384. The Balaban J connectivity index is 2.03. The number of aryl methyl sites for hydroxylation is 1. The van der Waals surface area contributed by atoms with Crippen molar-refractivity contribution in [2.45, 2.75) is 25.6 Å². The van der Waals surface area contributed by atoms with Crippen molar-refractivity contribution in [3.05, 3.63) is 69.3 Å². The summed E-state index contributed by atoms with van der Waals surface area (Å²) in [5, 5.41) is 33.8. The zero-order chi connectivity index (χ0) is 18.4. The molecule has 0 bridgehead atoms. The van der Waals surface area contributed by atoms with Gasteiger partial charge in [-0.3, -0.25) is 10.1 Å². The number of benzene rings is 2. The number of nitrogens with one attached hydrogen (secondary N) is 1. The molecule has 0 aliphatic heterocycles. The molecule has 0 saturated heterocycles. The highest BCUT2D eigenvalue weighted by Gasteiger charge is 2.20. The van der Waals surface area contributed by atoms with Gasteiger partial charge in [-0.2, -0.15) is 0 Å².